The Bertz CT molecular complexity index is 377. The van der Waals surface area contributed by atoms with E-state index in [2.05, 4.69) is 11.1 Å². The molecule has 1 heterocycles. The first kappa shape index (κ1) is 10.3. The number of rotatable bonds is 3. The number of nitriles is 1. The van der Waals surface area contributed by atoms with Crippen LogP contribution in [0.25, 0.3) is 6.08 Å². The molecule has 0 aliphatic carbocycles. The first-order valence-electron chi connectivity index (χ1n) is 4.43. The molecule has 0 bridgehead atoms. The molecule has 1 aromatic heterocycles. The molecule has 1 aromatic rings. The Labute approximate surface area is 83.7 Å². The summed E-state index contributed by atoms with van der Waals surface area (Å²) in [6.07, 6.45) is 3.26. The highest BCUT2D eigenvalue weighted by Gasteiger charge is 1.99. The van der Waals surface area contributed by atoms with Gasteiger partial charge in [0, 0.05) is 5.69 Å². The third-order valence-electron chi connectivity index (χ3n) is 1.67. The normalized spacial score (nSPS) is 10.1. The van der Waals surface area contributed by atoms with Gasteiger partial charge in [-0.25, -0.2) is 0 Å². The van der Waals surface area contributed by atoms with Gasteiger partial charge in [-0.1, -0.05) is 0 Å². The van der Waals surface area contributed by atoms with E-state index >= 15 is 0 Å². The zero-order chi connectivity index (χ0) is 10.4. The Morgan fingerprint density at radius 2 is 2.36 bits per heavy atom. The van der Waals surface area contributed by atoms with Crippen molar-refractivity contribution in [3.63, 3.8) is 0 Å². The lowest BCUT2D eigenvalue weighted by Gasteiger charge is -1.98. The fourth-order valence-electron chi connectivity index (χ4n) is 1.01. The molecule has 0 aliphatic rings. The zero-order valence-electron chi connectivity index (χ0n) is 8.32. The molecule has 0 atom stereocenters. The molecule has 3 nitrogen and oxygen atoms in total. The largest absolute Gasteiger partial charge is 0.501 e. The van der Waals surface area contributed by atoms with Crippen LogP contribution in [0.4, 0.5) is 0 Å². The molecule has 0 radical (unpaired) electrons. The summed E-state index contributed by atoms with van der Waals surface area (Å²) in [7, 11) is 0. The van der Waals surface area contributed by atoms with Gasteiger partial charge >= 0.3 is 0 Å². The van der Waals surface area contributed by atoms with Crippen molar-refractivity contribution >= 4 is 6.08 Å². The predicted molar refractivity (Wildman–Crippen MR) is 54.3 cm³/mol. The summed E-state index contributed by atoms with van der Waals surface area (Å²) in [4.78, 5) is 4.23. The van der Waals surface area contributed by atoms with E-state index < -0.39 is 0 Å². The van der Waals surface area contributed by atoms with Gasteiger partial charge in [-0.15, -0.1) is 0 Å². The molecule has 0 saturated heterocycles. The van der Waals surface area contributed by atoms with Crippen LogP contribution in [-0.2, 0) is 4.74 Å². The summed E-state index contributed by atoms with van der Waals surface area (Å²) in [6, 6.07) is 5.65. The topological polar surface area (TPSA) is 45.9 Å². The molecule has 0 spiro atoms. The van der Waals surface area contributed by atoms with E-state index in [4.69, 9.17) is 10.00 Å². The standard InChI is InChI=1S/C11H12N2O/c1-3-14-7-6-11-10(8-12)5-4-9(2)13-11/h4-7H,3H2,1-2H3. The zero-order valence-corrected chi connectivity index (χ0v) is 8.32. The van der Waals surface area contributed by atoms with Crippen LogP contribution in [-0.4, -0.2) is 11.6 Å². The van der Waals surface area contributed by atoms with Gasteiger partial charge in [0.25, 0.3) is 0 Å². The molecule has 0 saturated carbocycles. The molecule has 72 valence electrons. The Morgan fingerprint density at radius 1 is 1.57 bits per heavy atom. The number of ether oxygens (including phenoxy) is 1. The van der Waals surface area contributed by atoms with Gasteiger partial charge in [-0.2, -0.15) is 5.26 Å². The van der Waals surface area contributed by atoms with Crippen molar-refractivity contribution in [1.29, 1.82) is 5.26 Å². The molecule has 0 unspecified atom stereocenters. The summed E-state index contributed by atoms with van der Waals surface area (Å²) >= 11 is 0. The van der Waals surface area contributed by atoms with Crippen molar-refractivity contribution in [2.45, 2.75) is 13.8 Å². The second-order valence-electron chi connectivity index (χ2n) is 2.76. The minimum atomic E-state index is 0.562. The first-order valence-corrected chi connectivity index (χ1v) is 4.43. The van der Waals surface area contributed by atoms with Crippen LogP contribution in [0.1, 0.15) is 23.9 Å². The van der Waals surface area contributed by atoms with Crippen molar-refractivity contribution in [3.8, 4) is 6.07 Å². The van der Waals surface area contributed by atoms with Crippen LogP contribution in [0, 0.1) is 18.3 Å². The highest BCUT2D eigenvalue weighted by atomic mass is 16.5. The molecule has 0 aliphatic heterocycles. The van der Waals surface area contributed by atoms with Crippen LogP contribution in [0.15, 0.2) is 18.4 Å². The molecule has 0 fully saturated rings. The highest BCUT2D eigenvalue weighted by Crippen LogP contribution is 2.08. The van der Waals surface area contributed by atoms with Gasteiger partial charge in [-0.3, -0.25) is 4.98 Å². The minimum absolute atomic E-state index is 0.562. The molecule has 14 heavy (non-hydrogen) atoms. The fraction of sp³-hybridized carbons (Fsp3) is 0.273. The summed E-state index contributed by atoms with van der Waals surface area (Å²) in [5.74, 6) is 0. The van der Waals surface area contributed by atoms with Gasteiger partial charge in [-0.05, 0) is 32.1 Å². The van der Waals surface area contributed by atoms with Gasteiger partial charge < -0.3 is 4.74 Å². The minimum Gasteiger partial charge on any atom is -0.501 e. The van der Waals surface area contributed by atoms with Crippen molar-refractivity contribution in [2.24, 2.45) is 0 Å². The van der Waals surface area contributed by atoms with Crippen LogP contribution >= 0.6 is 0 Å². The Kier molecular flexibility index (Phi) is 3.69. The predicted octanol–water partition coefficient (Wildman–Crippen LogP) is 2.27. The summed E-state index contributed by atoms with van der Waals surface area (Å²) in [5, 5.41) is 8.80. The monoisotopic (exact) mass is 188 g/mol. The van der Waals surface area contributed by atoms with Crippen molar-refractivity contribution in [3.05, 3.63) is 35.3 Å². The van der Waals surface area contributed by atoms with E-state index in [1.165, 1.54) is 0 Å². The molecule has 0 N–H and O–H groups in total. The second kappa shape index (κ2) is 5.03. The quantitative estimate of drug-likeness (QED) is 0.683. The average molecular weight is 188 g/mol. The van der Waals surface area contributed by atoms with E-state index in [1.54, 1.807) is 18.4 Å². The maximum atomic E-state index is 8.80. The second-order valence-corrected chi connectivity index (χ2v) is 2.76. The Hall–Kier alpha value is -1.82. The summed E-state index contributed by atoms with van der Waals surface area (Å²) in [6.45, 7) is 4.41. The number of aryl methyl sites for hydroxylation is 1. The lowest BCUT2D eigenvalue weighted by Crippen LogP contribution is -1.90. The fourth-order valence-corrected chi connectivity index (χ4v) is 1.01. The van der Waals surface area contributed by atoms with E-state index in [0.717, 1.165) is 5.69 Å². The van der Waals surface area contributed by atoms with Gasteiger partial charge in [0.2, 0.25) is 0 Å². The number of hydrogen-bond donors (Lipinski definition) is 0. The summed E-state index contributed by atoms with van der Waals surface area (Å²) in [5.41, 5.74) is 2.10. The first-order chi connectivity index (χ1) is 6.77. The molecule has 3 heteroatoms. The Balaban J connectivity index is 2.94. The van der Waals surface area contributed by atoms with Gasteiger partial charge in [0.1, 0.15) is 6.07 Å². The van der Waals surface area contributed by atoms with E-state index in [0.29, 0.717) is 17.9 Å². The maximum Gasteiger partial charge on any atom is 0.101 e. The van der Waals surface area contributed by atoms with E-state index in [9.17, 15) is 0 Å². The van der Waals surface area contributed by atoms with Crippen LogP contribution < -0.4 is 0 Å². The van der Waals surface area contributed by atoms with Crippen LogP contribution in [0.5, 0.6) is 0 Å². The molecular formula is C11H12N2O. The molecule has 0 amide bonds. The highest BCUT2D eigenvalue weighted by molar-refractivity contribution is 5.53. The van der Waals surface area contributed by atoms with Crippen molar-refractivity contribution in [2.75, 3.05) is 6.61 Å². The number of hydrogen-bond acceptors (Lipinski definition) is 3. The van der Waals surface area contributed by atoms with Crippen molar-refractivity contribution in [1.82, 2.24) is 4.98 Å². The number of nitrogens with zero attached hydrogens (tertiary/aromatic N) is 2. The summed E-state index contributed by atoms with van der Waals surface area (Å²) < 4.78 is 5.05. The van der Waals surface area contributed by atoms with Crippen molar-refractivity contribution < 1.29 is 4.74 Å². The van der Waals surface area contributed by atoms with Crippen LogP contribution in [0.3, 0.4) is 0 Å². The molecule has 0 aromatic carbocycles. The third kappa shape index (κ3) is 2.60. The molecule has 1 rings (SSSR count). The number of pyridine rings is 1. The third-order valence-corrected chi connectivity index (χ3v) is 1.67. The maximum absolute atomic E-state index is 8.80. The number of aromatic nitrogens is 1. The van der Waals surface area contributed by atoms with Gasteiger partial charge in [0.05, 0.1) is 24.1 Å². The smallest absolute Gasteiger partial charge is 0.101 e. The van der Waals surface area contributed by atoms with Gasteiger partial charge in [0.15, 0.2) is 0 Å². The van der Waals surface area contributed by atoms with Crippen LogP contribution in [0.2, 0.25) is 0 Å². The Morgan fingerprint density at radius 3 is 3.00 bits per heavy atom. The van der Waals surface area contributed by atoms with E-state index in [-0.39, 0.29) is 0 Å². The lowest BCUT2D eigenvalue weighted by atomic mass is 10.2. The van der Waals surface area contributed by atoms with E-state index in [1.807, 2.05) is 19.9 Å². The molecular weight excluding hydrogens is 176 g/mol. The lowest BCUT2D eigenvalue weighted by molar-refractivity contribution is 0.272. The SMILES string of the molecule is CCOC=Cc1nc(C)ccc1C#N. The average Bonchev–Trinajstić information content (AvgIpc) is 2.19.